The van der Waals surface area contributed by atoms with Gasteiger partial charge in [-0.05, 0) is 18.1 Å². The van der Waals surface area contributed by atoms with Crippen molar-refractivity contribution in [3.05, 3.63) is 29.8 Å². The molecule has 0 atom stereocenters. The van der Waals surface area contributed by atoms with Crippen LogP contribution in [-0.2, 0) is 20.0 Å². The number of hydrogen-bond donors (Lipinski definition) is 0. The minimum Gasteiger partial charge on any atom is -0.309 e. The molecule has 0 unspecified atom stereocenters. The van der Waals surface area contributed by atoms with E-state index in [-0.39, 0.29) is 0 Å². The van der Waals surface area contributed by atoms with Crippen LogP contribution in [0.15, 0.2) is 24.3 Å². The van der Waals surface area contributed by atoms with Gasteiger partial charge >= 0.3 is 7.60 Å². The van der Waals surface area contributed by atoms with Crippen LogP contribution in [0.25, 0.3) is 0 Å². The lowest BCUT2D eigenvalue weighted by Crippen LogP contribution is -2.12. The zero-order chi connectivity index (χ0) is 10.6. The summed E-state index contributed by atoms with van der Waals surface area (Å²) in [5, 5.41) is 0.660. The van der Waals surface area contributed by atoms with Crippen molar-refractivity contribution in [2.45, 2.75) is 13.3 Å². The van der Waals surface area contributed by atoms with Crippen molar-refractivity contribution in [1.29, 1.82) is 0 Å². The van der Waals surface area contributed by atoms with Gasteiger partial charge in [-0.2, -0.15) is 0 Å². The first kappa shape index (κ1) is 11.4. The molecule has 0 aliphatic heterocycles. The molecule has 0 amide bonds. The summed E-state index contributed by atoms with van der Waals surface area (Å²) in [4.78, 5) is 0. The van der Waals surface area contributed by atoms with Gasteiger partial charge in [-0.25, -0.2) is 0 Å². The summed E-state index contributed by atoms with van der Waals surface area (Å²) in [7, 11) is -0.289. The lowest BCUT2D eigenvalue weighted by atomic mass is 10.2. The summed E-state index contributed by atoms with van der Waals surface area (Å²) in [6, 6.07) is 7.46. The van der Waals surface area contributed by atoms with Crippen molar-refractivity contribution < 1.29 is 13.6 Å². The van der Waals surface area contributed by atoms with Gasteiger partial charge in [0, 0.05) is 14.2 Å². The summed E-state index contributed by atoms with van der Waals surface area (Å²) in [6.45, 7) is 2.01. The molecule has 0 aromatic heterocycles. The van der Waals surface area contributed by atoms with E-state index in [0.717, 1.165) is 12.0 Å². The van der Waals surface area contributed by atoms with Gasteiger partial charge in [0.15, 0.2) is 0 Å². The van der Waals surface area contributed by atoms with Gasteiger partial charge in [-0.3, -0.25) is 4.57 Å². The Morgan fingerprint density at radius 2 is 1.79 bits per heavy atom. The molecule has 1 aromatic carbocycles. The molecule has 4 heteroatoms. The van der Waals surface area contributed by atoms with Crippen LogP contribution in [0.5, 0.6) is 0 Å². The molecule has 3 nitrogen and oxygen atoms in total. The molecule has 0 saturated carbocycles. The van der Waals surface area contributed by atoms with Gasteiger partial charge in [-0.15, -0.1) is 0 Å². The highest BCUT2D eigenvalue weighted by Crippen LogP contribution is 2.45. The molecule has 1 aromatic rings. The minimum atomic E-state index is -3.09. The second kappa shape index (κ2) is 4.74. The molecule has 14 heavy (non-hydrogen) atoms. The summed E-state index contributed by atoms with van der Waals surface area (Å²) in [5.74, 6) is 0. The van der Waals surface area contributed by atoms with Crippen molar-refractivity contribution in [2.75, 3.05) is 14.2 Å². The first-order valence-electron chi connectivity index (χ1n) is 4.48. The van der Waals surface area contributed by atoms with Crippen molar-refractivity contribution in [3.63, 3.8) is 0 Å². The first-order chi connectivity index (χ1) is 6.68. The predicted octanol–water partition coefficient (Wildman–Crippen LogP) is 2.36. The first-order valence-corrected chi connectivity index (χ1v) is 6.02. The number of benzene rings is 1. The Kier molecular flexibility index (Phi) is 3.87. The average molecular weight is 214 g/mol. The zero-order valence-corrected chi connectivity index (χ0v) is 9.58. The smallest absolute Gasteiger partial charge is 0.309 e. The van der Waals surface area contributed by atoms with Crippen molar-refractivity contribution in [1.82, 2.24) is 0 Å². The molecule has 0 aliphatic rings. The molecule has 1 rings (SSSR count). The third-order valence-corrected chi connectivity index (χ3v) is 4.14. The highest BCUT2D eigenvalue weighted by molar-refractivity contribution is 7.62. The van der Waals surface area contributed by atoms with Gasteiger partial charge < -0.3 is 9.05 Å². The Morgan fingerprint density at radius 3 is 2.29 bits per heavy atom. The van der Waals surface area contributed by atoms with E-state index in [1.807, 2.05) is 25.1 Å². The van der Waals surface area contributed by atoms with E-state index >= 15 is 0 Å². The van der Waals surface area contributed by atoms with Crippen LogP contribution in [0.1, 0.15) is 12.5 Å². The Bertz CT molecular complexity index is 341. The molecule has 78 valence electrons. The lowest BCUT2D eigenvalue weighted by molar-refractivity contribution is 0.287. The second-order valence-electron chi connectivity index (χ2n) is 2.84. The van der Waals surface area contributed by atoms with Gasteiger partial charge in [0.1, 0.15) is 0 Å². The molecule has 0 spiro atoms. The van der Waals surface area contributed by atoms with Crippen LogP contribution in [-0.4, -0.2) is 14.2 Å². The SMILES string of the molecule is CCc1ccccc1P(=O)(OC)OC. The monoisotopic (exact) mass is 214 g/mol. The maximum Gasteiger partial charge on any atom is 0.361 e. The van der Waals surface area contributed by atoms with Crippen LogP contribution >= 0.6 is 7.60 Å². The third kappa shape index (κ3) is 2.06. The van der Waals surface area contributed by atoms with Crippen LogP contribution in [0.4, 0.5) is 0 Å². The third-order valence-electron chi connectivity index (χ3n) is 2.15. The number of hydrogen-bond acceptors (Lipinski definition) is 3. The molecular weight excluding hydrogens is 199 g/mol. The summed E-state index contributed by atoms with van der Waals surface area (Å²) in [6.07, 6.45) is 0.812. The molecule has 0 fully saturated rings. The average Bonchev–Trinajstić information content (AvgIpc) is 2.28. The van der Waals surface area contributed by atoms with Crippen molar-refractivity contribution in [3.8, 4) is 0 Å². The molecule has 0 aliphatic carbocycles. The quantitative estimate of drug-likeness (QED) is 0.722. The molecule has 0 radical (unpaired) electrons. The standard InChI is InChI=1S/C10H15O3P/c1-4-9-7-5-6-8-10(9)14(11,12-2)13-3/h5-8H,4H2,1-3H3. The van der Waals surface area contributed by atoms with Crippen LogP contribution in [0.2, 0.25) is 0 Å². The van der Waals surface area contributed by atoms with Crippen molar-refractivity contribution >= 4 is 12.9 Å². The molecule has 0 heterocycles. The topological polar surface area (TPSA) is 35.5 Å². The Labute approximate surface area is 84.6 Å². The summed E-state index contributed by atoms with van der Waals surface area (Å²) < 4.78 is 22.0. The highest BCUT2D eigenvalue weighted by Gasteiger charge is 2.26. The number of rotatable bonds is 4. The van der Waals surface area contributed by atoms with E-state index in [9.17, 15) is 4.57 Å². The predicted molar refractivity (Wildman–Crippen MR) is 57.1 cm³/mol. The van der Waals surface area contributed by atoms with Crippen LogP contribution in [0.3, 0.4) is 0 Å². The molecule has 0 saturated heterocycles. The maximum atomic E-state index is 12.1. The fraction of sp³-hybridized carbons (Fsp3) is 0.400. The molecule has 0 bridgehead atoms. The largest absolute Gasteiger partial charge is 0.361 e. The maximum absolute atomic E-state index is 12.1. The van der Waals surface area contributed by atoms with E-state index in [0.29, 0.717) is 5.30 Å². The fourth-order valence-corrected chi connectivity index (χ4v) is 2.74. The Morgan fingerprint density at radius 1 is 1.21 bits per heavy atom. The van der Waals surface area contributed by atoms with E-state index in [1.54, 1.807) is 6.07 Å². The van der Waals surface area contributed by atoms with E-state index in [1.165, 1.54) is 14.2 Å². The second-order valence-corrected chi connectivity index (χ2v) is 5.05. The minimum absolute atomic E-state index is 0.660. The molecular formula is C10H15O3P. The van der Waals surface area contributed by atoms with Crippen LogP contribution < -0.4 is 5.30 Å². The van der Waals surface area contributed by atoms with Gasteiger partial charge in [-0.1, -0.05) is 25.1 Å². The summed E-state index contributed by atoms with van der Waals surface area (Å²) >= 11 is 0. The van der Waals surface area contributed by atoms with Gasteiger partial charge in [0.05, 0.1) is 5.30 Å². The number of aryl methyl sites for hydroxylation is 1. The Balaban J connectivity index is 3.23. The van der Waals surface area contributed by atoms with E-state index in [4.69, 9.17) is 9.05 Å². The normalized spacial score (nSPS) is 11.6. The van der Waals surface area contributed by atoms with Gasteiger partial charge in [0.2, 0.25) is 0 Å². The Hall–Kier alpha value is -0.630. The van der Waals surface area contributed by atoms with Gasteiger partial charge in [0.25, 0.3) is 0 Å². The summed E-state index contributed by atoms with van der Waals surface area (Å²) in [5.41, 5.74) is 1.000. The van der Waals surface area contributed by atoms with E-state index in [2.05, 4.69) is 0 Å². The van der Waals surface area contributed by atoms with E-state index < -0.39 is 7.60 Å². The van der Waals surface area contributed by atoms with Crippen LogP contribution in [0, 0.1) is 0 Å². The van der Waals surface area contributed by atoms with Crippen molar-refractivity contribution in [2.24, 2.45) is 0 Å². The lowest BCUT2D eigenvalue weighted by Gasteiger charge is -2.16. The zero-order valence-electron chi connectivity index (χ0n) is 8.69. The fourth-order valence-electron chi connectivity index (χ4n) is 1.35. The highest BCUT2D eigenvalue weighted by atomic mass is 31.2. The molecule has 0 N–H and O–H groups in total.